The maximum absolute atomic E-state index is 5.57. The highest BCUT2D eigenvalue weighted by Gasteiger charge is 2.12. The molecule has 0 N–H and O–H groups in total. The van der Waals surface area contributed by atoms with Crippen LogP contribution < -0.4 is 0 Å². The monoisotopic (exact) mass is 289 g/mol. The first-order valence-electron chi connectivity index (χ1n) is 5.63. The molecule has 1 heterocycles. The Kier molecular flexibility index (Phi) is 5.41. The largest absolute Gasteiger partial charge is 0.371 e. The van der Waals surface area contributed by atoms with Crippen molar-refractivity contribution in [3.63, 3.8) is 0 Å². The summed E-state index contributed by atoms with van der Waals surface area (Å²) in [4.78, 5) is 0. The average Bonchev–Trinajstić information content (AvgIpc) is 2.56. The maximum Gasteiger partial charge on any atom is 0.159 e. The molecular formula is C11H20BrN3O. The van der Waals surface area contributed by atoms with Gasteiger partial charge in [-0.05, 0) is 19.8 Å². The second-order valence-corrected chi connectivity index (χ2v) is 5.09. The van der Waals surface area contributed by atoms with Gasteiger partial charge in [-0.25, -0.2) is 0 Å². The summed E-state index contributed by atoms with van der Waals surface area (Å²) in [7, 11) is 0. The van der Waals surface area contributed by atoms with E-state index in [2.05, 4.69) is 44.5 Å². The summed E-state index contributed by atoms with van der Waals surface area (Å²) in [5, 5.41) is 9.05. The van der Waals surface area contributed by atoms with E-state index in [1.165, 1.54) is 0 Å². The molecule has 5 heteroatoms. The van der Waals surface area contributed by atoms with Crippen molar-refractivity contribution in [2.45, 2.75) is 52.3 Å². The highest BCUT2D eigenvalue weighted by atomic mass is 79.9. The van der Waals surface area contributed by atoms with Crippen LogP contribution in [0.15, 0.2) is 0 Å². The van der Waals surface area contributed by atoms with Gasteiger partial charge < -0.3 is 9.30 Å². The van der Waals surface area contributed by atoms with Crippen molar-refractivity contribution in [1.82, 2.24) is 14.8 Å². The molecule has 16 heavy (non-hydrogen) atoms. The highest BCUT2D eigenvalue weighted by Crippen LogP contribution is 2.11. The minimum Gasteiger partial charge on any atom is -0.371 e. The average molecular weight is 290 g/mol. The molecule has 0 atom stereocenters. The molecule has 0 saturated carbocycles. The Labute approximate surface area is 106 Å². The van der Waals surface area contributed by atoms with Gasteiger partial charge in [-0.3, -0.25) is 0 Å². The number of hydrogen-bond acceptors (Lipinski definition) is 3. The molecule has 92 valence electrons. The van der Waals surface area contributed by atoms with Gasteiger partial charge >= 0.3 is 0 Å². The van der Waals surface area contributed by atoms with Crippen LogP contribution in [0, 0.1) is 5.92 Å². The molecule has 1 aromatic rings. The molecule has 0 aliphatic rings. The fourth-order valence-corrected chi connectivity index (χ4v) is 1.81. The van der Waals surface area contributed by atoms with Gasteiger partial charge in [0.2, 0.25) is 0 Å². The van der Waals surface area contributed by atoms with Crippen LogP contribution in [0.5, 0.6) is 0 Å². The lowest BCUT2D eigenvalue weighted by Gasteiger charge is -2.12. The quantitative estimate of drug-likeness (QED) is 0.756. The Bertz CT molecular complexity index is 323. The van der Waals surface area contributed by atoms with Crippen LogP contribution in [0.3, 0.4) is 0 Å². The third kappa shape index (κ3) is 3.87. The van der Waals surface area contributed by atoms with Gasteiger partial charge in [-0.1, -0.05) is 29.8 Å². The Morgan fingerprint density at radius 1 is 1.19 bits per heavy atom. The van der Waals surface area contributed by atoms with E-state index in [1.54, 1.807) is 0 Å². The molecule has 0 amide bonds. The lowest BCUT2D eigenvalue weighted by molar-refractivity contribution is 0.0589. The van der Waals surface area contributed by atoms with Gasteiger partial charge in [0.05, 0.1) is 11.4 Å². The third-order valence-electron chi connectivity index (χ3n) is 2.12. The van der Waals surface area contributed by atoms with Crippen LogP contribution in [0.4, 0.5) is 0 Å². The Morgan fingerprint density at radius 3 is 2.31 bits per heavy atom. The van der Waals surface area contributed by atoms with E-state index in [0.29, 0.717) is 12.5 Å². The fourth-order valence-electron chi connectivity index (χ4n) is 1.40. The minimum absolute atomic E-state index is 0.219. The summed E-state index contributed by atoms with van der Waals surface area (Å²) in [6.45, 7) is 9.88. The molecule has 0 radical (unpaired) electrons. The van der Waals surface area contributed by atoms with Crippen LogP contribution in [0.2, 0.25) is 0 Å². The van der Waals surface area contributed by atoms with Gasteiger partial charge in [-0.15, -0.1) is 10.2 Å². The van der Waals surface area contributed by atoms with Gasteiger partial charge in [0.1, 0.15) is 12.4 Å². The molecule has 0 aromatic carbocycles. The summed E-state index contributed by atoms with van der Waals surface area (Å²) in [6.07, 6.45) is 0.219. The smallest absolute Gasteiger partial charge is 0.159 e. The molecular weight excluding hydrogens is 270 g/mol. The van der Waals surface area contributed by atoms with Crippen molar-refractivity contribution in [3.05, 3.63) is 11.6 Å². The normalized spacial score (nSPS) is 11.7. The Hall–Kier alpha value is -0.420. The van der Waals surface area contributed by atoms with Crippen LogP contribution >= 0.6 is 15.9 Å². The summed E-state index contributed by atoms with van der Waals surface area (Å²) < 4.78 is 7.71. The first kappa shape index (κ1) is 13.6. The second-order valence-electron chi connectivity index (χ2n) is 4.53. The van der Waals surface area contributed by atoms with Crippen LogP contribution in [0.1, 0.15) is 39.3 Å². The van der Waals surface area contributed by atoms with Crippen molar-refractivity contribution in [2.75, 3.05) is 0 Å². The fraction of sp³-hybridized carbons (Fsp3) is 0.818. The first-order valence-corrected chi connectivity index (χ1v) is 6.75. The molecule has 0 bridgehead atoms. The number of hydrogen-bond donors (Lipinski definition) is 0. The van der Waals surface area contributed by atoms with E-state index in [9.17, 15) is 0 Å². The van der Waals surface area contributed by atoms with E-state index in [4.69, 9.17) is 4.74 Å². The predicted octanol–water partition coefficient (Wildman–Crippen LogP) is 2.75. The number of alkyl halides is 1. The van der Waals surface area contributed by atoms with Gasteiger partial charge in [0, 0.05) is 6.54 Å². The van der Waals surface area contributed by atoms with E-state index in [-0.39, 0.29) is 6.10 Å². The van der Waals surface area contributed by atoms with Crippen molar-refractivity contribution >= 4 is 15.9 Å². The van der Waals surface area contributed by atoms with Crippen LogP contribution in [-0.4, -0.2) is 20.9 Å². The van der Waals surface area contributed by atoms with Gasteiger partial charge in [0.15, 0.2) is 5.82 Å². The topological polar surface area (TPSA) is 39.9 Å². The van der Waals surface area contributed by atoms with Crippen molar-refractivity contribution in [1.29, 1.82) is 0 Å². The molecule has 0 spiro atoms. The summed E-state index contributed by atoms with van der Waals surface area (Å²) in [6, 6.07) is 0. The molecule has 0 aliphatic heterocycles. The number of ether oxygens (including phenoxy) is 1. The van der Waals surface area contributed by atoms with E-state index < -0.39 is 0 Å². The summed E-state index contributed by atoms with van der Waals surface area (Å²) >= 11 is 3.43. The zero-order valence-corrected chi connectivity index (χ0v) is 12.0. The van der Waals surface area contributed by atoms with E-state index in [1.807, 2.05) is 13.8 Å². The Morgan fingerprint density at radius 2 is 1.81 bits per heavy atom. The van der Waals surface area contributed by atoms with Crippen molar-refractivity contribution < 1.29 is 4.74 Å². The second kappa shape index (κ2) is 6.35. The van der Waals surface area contributed by atoms with Gasteiger partial charge in [-0.2, -0.15) is 0 Å². The minimum atomic E-state index is 0.219. The molecule has 1 rings (SSSR count). The Balaban J connectivity index is 2.78. The van der Waals surface area contributed by atoms with Crippen LogP contribution in [-0.2, 0) is 23.2 Å². The standard InChI is InChI=1S/C11H20BrN3O/c1-8(2)6-15-10(5-12)13-14-11(15)7-16-9(3)4/h8-9H,5-7H2,1-4H3. The number of rotatable bonds is 6. The molecule has 0 saturated heterocycles. The number of nitrogens with zero attached hydrogens (tertiary/aromatic N) is 3. The van der Waals surface area contributed by atoms with Crippen LogP contribution in [0.25, 0.3) is 0 Å². The summed E-state index contributed by atoms with van der Waals surface area (Å²) in [5.74, 6) is 2.46. The number of aromatic nitrogens is 3. The number of halogens is 1. The molecule has 0 unspecified atom stereocenters. The zero-order valence-electron chi connectivity index (χ0n) is 10.4. The van der Waals surface area contributed by atoms with E-state index >= 15 is 0 Å². The first-order chi connectivity index (χ1) is 7.54. The molecule has 1 aromatic heterocycles. The summed E-state index contributed by atoms with van der Waals surface area (Å²) in [5.41, 5.74) is 0. The highest BCUT2D eigenvalue weighted by molar-refractivity contribution is 9.08. The molecule has 0 aliphatic carbocycles. The lowest BCUT2D eigenvalue weighted by atomic mass is 10.2. The molecule has 4 nitrogen and oxygen atoms in total. The van der Waals surface area contributed by atoms with E-state index in [0.717, 1.165) is 23.5 Å². The zero-order chi connectivity index (χ0) is 12.1. The molecule has 0 fully saturated rings. The van der Waals surface area contributed by atoms with Crippen molar-refractivity contribution in [2.24, 2.45) is 5.92 Å². The predicted molar refractivity (Wildman–Crippen MR) is 67.4 cm³/mol. The van der Waals surface area contributed by atoms with Crippen molar-refractivity contribution in [3.8, 4) is 0 Å². The lowest BCUT2D eigenvalue weighted by Crippen LogP contribution is -2.13. The third-order valence-corrected chi connectivity index (χ3v) is 2.62. The SMILES string of the molecule is CC(C)Cn1c(CBr)nnc1COC(C)C. The van der Waals surface area contributed by atoms with Gasteiger partial charge in [0.25, 0.3) is 0 Å². The maximum atomic E-state index is 5.57.